The van der Waals surface area contributed by atoms with Crippen LogP contribution in [0.3, 0.4) is 0 Å². The summed E-state index contributed by atoms with van der Waals surface area (Å²) in [7, 11) is -6.09. The minimum absolute atomic E-state index is 0. The zero-order chi connectivity index (χ0) is 74.0. The number of imidazole rings is 1. The van der Waals surface area contributed by atoms with Crippen molar-refractivity contribution in [3.8, 4) is 73.2 Å². The Morgan fingerprint density at radius 2 is 1.11 bits per heavy atom. The van der Waals surface area contributed by atoms with E-state index in [1.54, 1.807) is 28.8 Å². The van der Waals surface area contributed by atoms with Gasteiger partial charge in [0.25, 0.3) is 6.33 Å². The third kappa shape index (κ3) is 9.42. The molecule has 0 atom stereocenters. The van der Waals surface area contributed by atoms with Gasteiger partial charge in [-0.05, 0) is 123 Å². The van der Waals surface area contributed by atoms with Crippen LogP contribution in [0.5, 0.6) is 11.5 Å². The molecule has 11 aromatic carbocycles. The molecule has 0 amide bonds. The minimum Gasteiger partial charge on any atom is -0.510 e. The summed E-state index contributed by atoms with van der Waals surface area (Å²) < 4.78 is 185. The Kier molecular flexibility index (Phi) is 9.66. The van der Waals surface area contributed by atoms with Gasteiger partial charge in [0.05, 0.1) is 41.4 Å². The van der Waals surface area contributed by atoms with Crippen LogP contribution in [0.4, 0.5) is 0 Å². The van der Waals surface area contributed by atoms with Gasteiger partial charge in [0.2, 0.25) is 0 Å². The Morgan fingerprint density at radius 1 is 0.494 bits per heavy atom. The van der Waals surface area contributed by atoms with Gasteiger partial charge < -0.3 is 13.9 Å². The van der Waals surface area contributed by atoms with E-state index in [-0.39, 0.29) is 37.8 Å². The third-order valence-corrected chi connectivity index (χ3v) is 20.1. The number of benzene rings is 11. The molecule has 5 nitrogen and oxygen atoms in total. The first kappa shape index (κ1) is 38.6. The van der Waals surface area contributed by atoms with Gasteiger partial charge in [0.15, 0.2) is 8.07 Å². The van der Waals surface area contributed by atoms with Crippen LogP contribution in [0.2, 0.25) is 0 Å². The fraction of sp³-hybridized carbons (Fsp3) is 0.100. The predicted octanol–water partition coefficient (Wildman–Crippen LogP) is 16.5. The molecule has 0 bridgehead atoms. The number of rotatable bonds is 9. The molecule has 4 heterocycles. The standard InChI is InChI=1S/C80H62N4OSi.Pt/c1-79(2,3)56-45-46-81-76(50-56)84-73-42-21-20-39-68(73)69-44-43-59(52-74(69)84)85-58-27-23-26-57(51-58)82-53-83-77-70(40-24-41-72(77)80(4,5)6)66-37-18-16-35-64(66)65-36-17-19-38-67(65)71-48-55(49-75(82)78(71)83)54-25-22-34-63(47-54)86(60-28-10-7-11-29-60,61-30-12-8-13-31-61)62-32-14-9-15-33-62;/h7-50H,1-6H3;/q-2;/i7D,8D,9D,10D,11D,12D,13D,14D,22D,25D,28D,29D,30D,31D,32D,33D,34D,47D;. The molecule has 0 N–H and O–H groups in total. The summed E-state index contributed by atoms with van der Waals surface area (Å²) >= 11 is 0. The maximum atomic E-state index is 11.0. The van der Waals surface area contributed by atoms with Crippen molar-refractivity contribution < 1.29 is 55.0 Å². The Bertz CT molecular complexity index is 5950. The monoisotopic (exact) mass is 1340 g/mol. The van der Waals surface area contributed by atoms with Crippen molar-refractivity contribution in [2.45, 2.75) is 52.4 Å². The Labute approximate surface area is 550 Å². The second-order valence-electron chi connectivity index (χ2n) is 23.4. The van der Waals surface area contributed by atoms with E-state index in [4.69, 9.17) is 13.8 Å². The number of para-hydroxylation sites is 2. The van der Waals surface area contributed by atoms with Crippen LogP contribution >= 0.6 is 0 Å². The van der Waals surface area contributed by atoms with Crippen LogP contribution in [0.15, 0.2) is 267 Å². The molecule has 87 heavy (non-hydrogen) atoms. The number of hydrogen-bond donors (Lipinski definition) is 0. The topological polar surface area (TPSA) is 35.9 Å². The fourth-order valence-electron chi connectivity index (χ4n) is 12.1. The zero-order valence-corrected chi connectivity index (χ0v) is 51.3. The summed E-state index contributed by atoms with van der Waals surface area (Å²) in [6, 6.07) is 37.5. The van der Waals surface area contributed by atoms with Crippen molar-refractivity contribution in [1.29, 1.82) is 0 Å². The second kappa shape index (κ2) is 21.8. The number of nitrogens with zero attached hydrogens (tertiary/aromatic N) is 4. The Morgan fingerprint density at radius 3 is 1.83 bits per heavy atom. The molecule has 0 saturated heterocycles. The summed E-state index contributed by atoms with van der Waals surface area (Å²) in [6.45, 7) is 12.8. The van der Waals surface area contributed by atoms with Crippen molar-refractivity contribution in [2.24, 2.45) is 0 Å². The largest absolute Gasteiger partial charge is 0.510 e. The molecular weight excluding hydrogens is 1260 g/mol. The van der Waals surface area contributed by atoms with E-state index < -0.39 is 149 Å². The first-order chi connectivity index (χ1) is 49.4. The Balaban J connectivity index is 0.00000928. The molecule has 0 saturated carbocycles. The molecule has 0 aliphatic carbocycles. The molecule has 424 valence electrons. The zero-order valence-electron chi connectivity index (χ0n) is 66.0. The molecule has 0 fully saturated rings. The summed E-state index contributed by atoms with van der Waals surface area (Å²) in [6.07, 6.45) is 5.57. The van der Waals surface area contributed by atoms with Gasteiger partial charge in [0.1, 0.15) is 5.82 Å². The van der Waals surface area contributed by atoms with Crippen molar-refractivity contribution in [3.63, 3.8) is 0 Å². The van der Waals surface area contributed by atoms with E-state index in [0.29, 0.717) is 39.4 Å². The van der Waals surface area contributed by atoms with E-state index in [2.05, 4.69) is 94.9 Å². The van der Waals surface area contributed by atoms with Crippen molar-refractivity contribution in [1.82, 2.24) is 14.1 Å². The van der Waals surface area contributed by atoms with Crippen molar-refractivity contribution >= 4 is 61.7 Å². The van der Waals surface area contributed by atoms with E-state index in [9.17, 15) is 20.6 Å². The molecule has 3 aromatic heterocycles. The molecule has 15 rings (SSSR count). The van der Waals surface area contributed by atoms with Crippen LogP contribution in [0, 0.1) is 18.5 Å². The quantitative estimate of drug-likeness (QED) is 0.0625. The van der Waals surface area contributed by atoms with Gasteiger partial charge in [-0.1, -0.05) is 253 Å². The first-order valence-corrected chi connectivity index (χ1v) is 30.2. The van der Waals surface area contributed by atoms with Crippen LogP contribution in [-0.4, -0.2) is 22.2 Å². The maximum Gasteiger partial charge on any atom is 0.268 e. The number of fused-ring (bicyclic) bond motifs is 10. The summed E-state index contributed by atoms with van der Waals surface area (Å²) in [5.41, 5.74) is 9.00. The fourth-order valence-corrected chi connectivity index (χ4v) is 15.7. The number of hydrogen-bond acceptors (Lipinski definition) is 2. The van der Waals surface area contributed by atoms with Gasteiger partial charge in [0, 0.05) is 44.3 Å². The van der Waals surface area contributed by atoms with Crippen molar-refractivity contribution in [3.05, 3.63) is 296 Å². The molecule has 0 radical (unpaired) electrons. The number of ether oxygens (including phenoxy) is 1. The first-order valence-electron chi connectivity index (χ1n) is 37.2. The predicted molar refractivity (Wildman–Crippen MR) is 356 cm³/mol. The molecule has 0 spiro atoms. The van der Waals surface area contributed by atoms with Gasteiger partial charge in [-0.15, -0.1) is 29.7 Å². The molecule has 1 aliphatic heterocycles. The average molecular weight is 1340 g/mol. The van der Waals surface area contributed by atoms with E-state index in [0.717, 1.165) is 66.9 Å². The molecule has 1 aliphatic rings. The SMILES string of the molecule is [2H]c1cc([2H])c([Si](c2c([2H])c([2H])c([2H])c([2H])c2[2H])(c2c([2H])c([2H])c([2H])c([2H])c2[2H])c2c([2H])c([2H])c([2H])c(-c3cc4c5c(c3)n(-c3[c-]c(Oc6[c-]c7c(cc6)c6ccccc6n7-c6cc(C(C)(C)C)ccn6)ccc3)[c-][n+]5-c3c(cccc3C(C)(C)C)-c3ccccc3-c3ccccc3-4)c2[2H])c([2H])c1[2H].[Pt]. The maximum absolute atomic E-state index is 11.0. The average Bonchev–Trinajstić information content (AvgIpc) is 1.31. The van der Waals surface area contributed by atoms with Gasteiger partial charge in [-0.25, -0.2) is 4.98 Å². The van der Waals surface area contributed by atoms with E-state index in [1.165, 1.54) is 0 Å². The summed E-state index contributed by atoms with van der Waals surface area (Å²) in [4.78, 5) is 4.87. The summed E-state index contributed by atoms with van der Waals surface area (Å²) in [5, 5.41) is -1.41. The van der Waals surface area contributed by atoms with Crippen LogP contribution in [0.1, 0.15) is 77.3 Å². The van der Waals surface area contributed by atoms with Gasteiger partial charge in [-0.2, -0.15) is 18.2 Å². The van der Waals surface area contributed by atoms with Crippen LogP contribution in [0.25, 0.3) is 94.5 Å². The normalized spacial score (nSPS) is 15.1. The molecule has 14 aromatic rings. The van der Waals surface area contributed by atoms with Crippen LogP contribution < -0.4 is 30.1 Å². The van der Waals surface area contributed by atoms with E-state index >= 15 is 0 Å². The summed E-state index contributed by atoms with van der Waals surface area (Å²) in [5.74, 6) is 1.32. The smallest absolute Gasteiger partial charge is 0.268 e. The van der Waals surface area contributed by atoms with Crippen LogP contribution in [-0.2, 0) is 31.9 Å². The third-order valence-electron chi connectivity index (χ3n) is 16.1. The number of pyridine rings is 1. The minimum atomic E-state index is -6.09. The van der Waals surface area contributed by atoms with Crippen molar-refractivity contribution in [2.75, 3.05) is 0 Å². The Hall–Kier alpha value is -9.45. The van der Waals surface area contributed by atoms with Gasteiger partial charge >= 0.3 is 0 Å². The van der Waals surface area contributed by atoms with E-state index in [1.807, 2.05) is 102 Å². The number of aromatic nitrogens is 4. The molecular formula is C80H62N4OPtSi-2. The second-order valence-corrected chi connectivity index (χ2v) is 26.9. The van der Waals surface area contributed by atoms with Gasteiger partial charge in [-0.3, -0.25) is 4.57 Å². The molecule has 7 heteroatoms. The molecule has 0 unspecified atom stereocenters.